The zero-order valence-electron chi connectivity index (χ0n) is 11.9. The van der Waals surface area contributed by atoms with E-state index >= 15 is 0 Å². The minimum atomic E-state index is 0.556. The third kappa shape index (κ3) is 3.06. The lowest BCUT2D eigenvalue weighted by Gasteiger charge is -2.37. The first-order chi connectivity index (χ1) is 9.72. The van der Waals surface area contributed by atoms with Gasteiger partial charge in [0.15, 0.2) is 0 Å². The molecule has 2 aromatic rings. The van der Waals surface area contributed by atoms with E-state index in [2.05, 4.69) is 34.4 Å². The summed E-state index contributed by atoms with van der Waals surface area (Å²) in [4.78, 5) is 11.6. The number of hydrogen-bond acceptors (Lipinski definition) is 5. The van der Waals surface area contributed by atoms with Crippen molar-refractivity contribution in [3.05, 3.63) is 35.5 Å². The molecule has 0 aromatic carbocycles. The van der Waals surface area contributed by atoms with Crippen molar-refractivity contribution in [3.8, 4) is 10.7 Å². The smallest absolute Gasteiger partial charge is 0.142 e. The zero-order chi connectivity index (χ0) is 13.9. The maximum absolute atomic E-state index is 4.73. The largest absolute Gasteiger partial charge is 0.311 e. The molecule has 1 N–H and O–H groups in total. The quantitative estimate of drug-likeness (QED) is 0.941. The summed E-state index contributed by atoms with van der Waals surface area (Å²) in [6.45, 7) is 7.57. The Hall–Kier alpha value is -1.30. The molecule has 106 valence electrons. The molecule has 1 saturated heterocycles. The molecule has 0 saturated carbocycles. The Balaban J connectivity index is 1.71. The second-order valence-electron chi connectivity index (χ2n) is 5.45. The summed E-state index contributed by atoms with van der Waals surface area (Å²) in [6, 6.07) is 7.06. The van der Waals surface area contributed by atoms with E-state index in [-0.39, 0.29) is 0 Å². The summed E-state index contributed by atoms with van der Waals surface area (Å²) in [7, 11) is 0. The molecule has 1 aliphatic heterocycles. The van der Waals surface area contributed by atoms with E-state index in [1.54, 1.807) is 11.3 Å². The molecule has 0 aliphatic carbocycles. The first-order valence-corrected chi connectivity index (χ1v) is 7.93. The van der Waals surface area contributed by atoms with Gasteiger partial charge in [-0.3, -0.25) is 9.88 Å². The topological polar surface area (TPSA) is 41.1 Å². The van der Waals surface area contributed by atoms with Gasteiger partial charge in [0, 0.05) is 43.3 Å². The fraction of sp³-hybridized carbons (Fsp3) is 0.467. The van der Waals surface area contributed by atoms with Crippen LogP contribution in [0.1, 0.15) is 19.5 Å². The third-order valence-electron chi connectivity index (χ3n) is 3.69. The molecule has 4 nitrogen and oxygen atoms in total. The second-order valence-corrected chi connectivity index (χ2v) is 6.30. The van der Waals surface area contributed by atoms with Crippen molar-refractivity contribution < 1.29 is 0 Å². The highest BCUT2D eigenvalue weighted by Gasteiger charge is 2.23. The Kier molecular flexibility index (Phi) is 4.10. The number of pyridine rings is 1. The Morgan fingerprint density at radius 1 is 1.40 bits per heavy atom. The Morgan fingerprint density at radius 3 is 3.10 bits per heavy atom. The fourth-order valence-corrected chi connectivity index (χ4v) is 3.30. The predicted molar refractivity (Wildman–Crippen MR) is 82.7 cm³/mol. The first-order valence-electron chi connectivity index (χ1n) is 7.05. The van der Waals surface area contributed by atoms with Crippen LogP contribution in [0.5, 0.6) is 0 Å². The Morgan fingerprint density at radius 2 is 2.30 bits per heavy atom. The molecule has 3 heterocycles. The van der Waals surface area contributed by atoms with Crippen LogP contribution in [-0.4, -0.2) is 40.0 Å². The van der Waals surface area contributed by atoms with Gasteiger partial charge in [-0.25, -0.2) is 4.98 Å². The number of rotatable bonds is 3. The lowest BCUT2D eigenvalue weighted by molar-refractivity contribution is 0.137. The number of thiazole rings is 1. The molecule has 0 radical (unpaired) electrons. The average Bonchev–Trinajstić information content (AvgIpc) is 2.92. The van der Waals surface area contributed by atoms with Gasteiger partial charge in [0.1, 0.15) is 5.01 Å². The maximum Gasteiger partial charge on any atom is 0.142 e. The van der Waals surface area contributed by atoms with Crippen molar-refractivity contribution >= 4 is 11.3 Å². The zero-order valence-corrected chi connectivity index (χ0v) is 12.7. The minimum Gasteiger partial charge on any atom is -0.311 e. The van der Waals surface area contributed by atoms with Gasteiger partial charge in [-0.2, -0.15) is 0 Å². The molecule has 2 aromatic heterocycles. The number of nitrogens with one attached hydrogen (secondary N) is 1. The van der Waals surface area contributed by atoms with Crippen molar-refractivity contribution in [1.82, 2.24) is 20.2 Å². The molecular formula is C15H20N4S. The SMILES string of the molecule is CC1CN(Cc2csc(-c3ccccn3)n2)C(C)CN1. The standard InChI is InChI=1S/C15H20N4S/c1-11-8-19(12(2)7-17-11)9-13-10-20-15(18-13)14-5-3-4-6-16-14/h3-6,10-12,17H,7-9H2,1-2H3. The van der Waals surface area contributed by atoms with E-state index in [0.29, 0.717) is 12.1 Å². The number of nitrogens with zero attached hydrogens (tertiary/aromatic N) is 3. The van der Waals surface area contributed by atoms with Gasteiger partial charge in [-0.05, 0) is 26.0 Å². The summed E-state index contributed by atoms with van der Waals surface area (Å²) >= 11 is 1.68. The van der Waals surface area contributed by atoms with E-state index in [1.165, 1.54) is 0 Å². The van der Waals surface area contributed by atoms with Crippen molar-refractivity contribution in [2.75, 3.05) is 13.1 Å². The van der Waals surface area contributed by atoms with Crippen molar-refractivity contribution in [2.24, 2.45) is 0 Å². The molecule has 0 bridgehead atoms. The molecular weight excluding hydrogens is 268 g/mol. The van der Waals surface area contributed by atoms with E-state index in [9.17, 15) is 0 Å². The molecule has 5 heteroatoms. The van der Waals surface area contributed by atoms with E-state index in [0.717, 1.165) is 36.0 Å². The normalized spacial score (nSPS) is 23.9. The predicted octanol–water partition coefficient (Wildman–Crippen LogP) is 2.39. The summed E-state index contributed by atoms with van der Waals surface area (Å²) in [5, 5.41) is 6.68. The van der Waals surface area contributed by atoms with Gasteiger partial charge in [0.25, 0.3) is 0 Å². The van der Waals surface area contributed by atoms with Crippen LogP contribution in [-0.2, 0) is 6.54 Å². The summed E-state index contributed by atoms with van der Waals surface area (Å²) in [5.41, 5.74) is 2.11. The van der Waals surface area contributed by atoms with E-state index in [1.807, 2.05) is 24.4 Å². The third-order valence-corrected chi connectivity index (χ3v) is 4.61. The van der Waals surface area contributed by atoms with Crippen LogP contribution in [0.25, 0.3) is 10.7 Å². The lowest BCUT2D eigenvalue weighted by atomic mass is 10.1. The highest BCUT2D eigenvalue weighted by Crippen LogP contribution is 2.22. The van der Waals surface area contributed by atoms with Gasteiger partial charge in [0.2, 0.25) is 0 Å². The van der Waals surface area contributed by atoms with Crippen molar-refractivity contribution in [2.45, 2.75) is 32.5 Å². The Bertz CT molecular complexity index is 554. The molecule has 0 amide bonds. The van der Waals surface area contributed by atoms with Crippen LogP contribution in [0.4, 0.5) is 0 Å². The monoisotopic (exact) mass is 288 g/mol. The van der Waals surface area contributed by atoms with Crippen LogP contribution in [0.2, 0.25) is 0 Å². The fourth-order valence-electron chi connectivity index (χ4n) is 2.51. The summed E-state index contributed by atoms with van der Waals surface area (Å²) in [5.74, 6) is 0. The van der Waals surface area contributed by atoms with Crippen LogP contribution >= 0.6 is 11.3 Å². The van der Waals surface area contributed by atoms with Crippen LogP contribution in [0, 0.1) is 0 Å². The number of aromatic nitrogens is 2. The van der Waals surface area contributed by atoms with Crippen molar-refractivity contribution in [3.63, 3.8) is 0 Å². The van der Waals surface area contributed by atoms with Crippen molar-refractivity contribution in [1.29, 1.82) is 0 Å². The number of piperazine rings is 1. The number of hydrogen-bond donors (Lipinski definition) is 1. The maximum atomic E-state index is 4.73. The molecule has 1 fully saturated rings. The minimum absolute atomic E-state index is 0.556. The molecule has 2 unspecified atom stereocenters. The van der Waals surface area contributed by atoms with Crippen LogP contribution in [0.3, 0.4) is 0 Å². The molecule has 20 heavy (non-hydrogen) atoms. The van der Waals surface area contributed by atoms with E-state index in [4.69, 9.17) is 4.98 Å². The first kappa shape index (κ1) is 13.7. The van der Waals surface area contributed by atoms with Crippen LogP contribution in [0.15, 0.2) is 29.8 Å². The molecule has 2 atom stereocenters. The van der Waals surface area contributed by atoms with Gasteiger partial charge < -0.3 is 5.32 Å². The summed E-state index contributed by atoms with van der Waals surface area (Å²) in [6.07, 6.45) is 1.82. The average molecular weight is 288 g/mol. The Labute approximate surface area is 123 Å². The highest BCUT2D eigenvalue weighted by atomic mass is 32.1. The molecule has 1 aliphatic rings. The summed E-state index contributed by atoms with van der Waals surface area (Å²) < 4.78 is 0. The van der Waals surface area contributed by atoms with Gasteiger partial charge in [-0.1, -0.05) is 6.07 Å². The lowest BCUT2D eigenvalue weighted by Crippen LogP contribution is -2.53. The van der Waals surface area contributed by atoms with E-state index < -0.39 is 0 Å². The molecule has 3 rings (SSSR count). The highest BCUT2D eigenvalue weighted by molar-refractivity contribution is 7.13. The van der Waals surface area contributed by atoms with Gasteiger partial charge >= 0.3 is 0 Å². The van der Waals surface area contributed by atoms with Crippen LogP contribution < -0.4 is 5.32 Å². The van der Waals surface area contributed by atoms with Gasteiger partial charge in [0.05, 0.1) is 11.4 Å². The van der Waals surface area contributed by atoms with Gasteiger partial charge in [-0.15, -0.1) is 11.3 Å². The molecule has 0 spiro atoms. The second kappa shape index (κ2) is 5.99.